The number of hydrogen-bond donors (Lipinski definition) is 2. The number of rotatable bonds is 7. The molecule has 0 spiro atoms. The van der Waals surface area contributed by atoms with Crippen molar-refractivity contribution in [1.82, 2.24) is 10.6 Å². The van der Waals surface area contributed by atoms with Crippen LogP contribution in [0.4, 0.5) is 4.39 Å². The van der Waals surface area contributed by atoms with Crippen molar-refractivity contribution in [1.29, 1.82) is 0 Å². The molecule has 6 heteroatoms. The van der Waals surface area contributed by atoms with Crippen LogP contribution >= 0.6 is 0 Å². The lowest BCUT2D eigenvalue weighted by Crippen LogP contribution is -2.46. The largest absolute Gasteiger partial charge is 0.484 e. The van der Waals surface area contributed by atoms with Crippen LogP contribution in [0.25, 0.3) is 0 Å². The molecule has 0 bridgehead atoms. The SMILES string of the molecule is CCCNC(=O)[C@H](C)NC(=O)COc1cccc(F)c1. The molecule has 0 aliphatic rings. The van der Waals surface area contributed by atoms with Crippen molar-refractivity contribution in [3.8, 4) is 5.75 Å². The van der Waals surface area contributed by atoms with E-state index in [1.807, 2.05) is 6.92 Å². The summed E-state index contributed by atoms with van der Waals surface area (Å²) in [4.78, 5) is 23.1. The van der Waals surface area contributed by atoms with E-state index in [1.165, 1.54) is 18.2 Å². The van der Waals surface area contributed by atoms with Gasteiger partial charge in [-0.05, 0) is 25.5 Å². The second-order valence-electron chi connectivity index (χ2n) is 4.33. The Hall–Kier alpha value is -2.11. The number of carbonyl (C=O) groups excluding carboxylic acids is 2. The van der Waals surface area contributed by atoms with Gasteiger partial charge in [-0.3, -0.25) is 9.59 Å². The highest BCUT2D eigenvalue weighted by atomic mass is 19.1. The molecular formula is C14H19FN2O3. The highest BCUT2D eigenvalue weighted by Crippen LogP contribution is 2.11. The van der Waals surface area contributed by atoms with Crippen molar-refractivity contribution in [2.75, 3.05) is 13.2 Å². The number of carbonyl (C=O) groups is 2. The molecule has 2 N–H and O–H groups in total. The maximum Gasteiger partial charge on any atom is 0.258 e. The number of hydrogen-bond acceptors (Lipinski definition) is 3. The van der Waals surface area contributed by atoms with Gasteiger partial charge in [-0.1, -0.05) is 13.0 Å². The summed E-state index contributed by atoms with van der Waals surface area (Å²) in [7, 11) is 0. The van der Waals surface area contributed by atoms with Gasteiger partial charge in [0, 0.05) is 12.6 Å². The fourth-order valence-electron chi connectivity index (χ4n) is 1.46. The molecule has 1 aromatic rings. The van der Waals surface area contributed by atoms with E-state index in [9.17, 15) is 14.0 Å². The van der Waals surface area contributed by atoms with E-state index in [0.717, 1.165) is 6.42 Å². The Bertz CT molecular complexity index is 465. The zero-order valence-electron chi connectivity index (χ0n) is 11.6. The first kappa shape index (κ1) is 15.9. The Balaban J connectivity index is 2.34. The standard InChI is InChI=1S/C14H19FN2O3/c1-3-7-16-14(19)10(2)17-13(18)9-20-12-6-4-5-11(15)8-12/h4-6,8,10H,3,7,9H2,1-2H3,(H,16,19)(H,17,18)/t10-/m0/s1. The number of halogens is 1. The molecule has 2 amide bonds. The molecule has 1 atom stereocenters. The van der Waals surface area contributed by atoms with Gasteiger partial charge in [-0.2, -0.15) is 0 Å². The molecule has 1 rings (SSSR count). The van der Waals surface area contributed by atoms with E-state index in [0.29, 0.717) is 6.54 Å². The normalized spacial score (nSPS) is 11.6. The molecule has 20 heavy (non-hydrogen) atoms. The molecule has 0 fully saturated rings. The van der Waals surface area contributed by atoms with Crippen LogP contribution in [0.3, 0.4) is 0 Å². The molecule has 0 aliphatic heterocycles. The number of amides is 2. The molecule has 0 heterocycles. The van der Waals surface area contributed by atoms with Gasteiger partial charge in [0.25, 0.3) is 5.91 Å². The quantitative estimate of drug-likeness (QED) is 0.790. The van der Waals surface area contributed by atoms with E-state index < -0.39 is 17.8 Å². The van der Waals surface area contributed by atoms with Crippen molar-refractivity contribution >= 4 is 11.8 Å². The fraction of sp³-hybridized carbons (Fsp3) is 0.429. The predicted octanol–water partition coefficient (Wildman–Crippen LogP) is 1.24. The molecule has 5 nitrogen and oxygen atoms in total. The minimum Gasteiger partial charge on any atom is -0.484 e. The van der Waals surface area contributed by atoms with Crippen molar-refractivity contribution in [3.63, 3.8) is 0 Å². The highest BCUT2D eigenvalue weighted by molar-refractivity contribution is 5.87. The van der Waals surface area contributed by atoms with Crippen molar-refractivity contribution in [2.24, 2.45) is 0 Å². The number of ether oxygens (including phenoxy) is 1. The monoisotopic (exact) mass is 282 g/mol. The second kappa shape index (κ2) is 8.14. The Kier molecular flexibility index (Phi) is 6.49. The van der Waals surface area contributed by atoms with Gasteiger partial charge >= 0.3 is 0 Å². The molecule has 0 saturated heterocycles. The highest BCUT2D eigenvalue weighted by Gasteiger charge is 2.15. The molecule has 0 aliphatic carbocycles. The summed E-state index contributed by atoms with van der Waals surface area (Å²) in [5.74, 6) is -0.849. The van der Waals surface area contributed by atoms with E-state index in [1.54, 1.807) is 13.0 Å². The summed E-state index contributed by atoms with van der Waals surface area (Å²) in [5.41, 5.74) is 0. The molecule has 0 unspecified atom stereocenters. The van der Waals surface area contributed by atoms with Gasteiger partial charge in [0.2, 0.25) is 5.91 Å². The molecule has 1 aromatic carbocycles. The number of benzene rings is 1. The smallest absolute Gasteiger partial charge is 0.258 e. The Morgan fingerprint density at radius 3 is 2.80 bits per heavy atom. The van der Waals surface area contributed by atoms with Crippen molar-refractivity contribution < 1.29 is 18.7 Å². The third kappa shape index (κ3) is 5.69. The van der Waals surface area contributed by atoms with Gasteiger partial charge in [0.05, 0.1) is 0 Å². The topological polar surface area (TPSA) is 67.4 Å². The van der Waals surface area contributed by atoms with Crippen LogP contribution in [0.15, 0.2) is 24.3 Å². The minimum atomic E-state index is -0.634. The average Bonchev–Trinajstić information content (AvgIpc) is 2.42. The first-order valence-corrected chi connectivity index (χ1v) is 6.48. The molecule has 0 saturated carbocycles. The van der Waals surface area contributed by atoms with Crippen LogP contribution in [-0.4, -0.2) is 31.0 Å². The van der Waals surface area contributed by atoms with Gasteiger partial charge in [0.15, 0.2) is 6.61 Å². The van der Waals surface area contributed by atoms with Crippen LogP contribution in [0, 0.1) is 5.82 Å². The van der Waals surface area contributed by atoms with Crippen LogP contribution in [0.1, 0.15) is 20.3 Å². The lowest BCUT2D eigenvalue weighted by molar-refractivity contribution is -0.129. The first-order valence-electron chi connectivity index (χ1n) is 6.48. The van der Waals surface area contributed by atoms with Gasteiger partial charge < -0.3 is 15.4 Å². The van der Waals surface area contributed by atoms with Crippen molar-refractivity contribution in [3.05, 3.63) is 30.1 Å². The zero-order chi connectivity index (χ0) is 15.0. The average molecular weight is 282 g/mol. The number of nitrogens with one attached hydrogen (secondary N) is 2. The molecular weight excluding hydrogens is 263 g/mol. The van der Waals surface area contributed by atoms with Gasteiger partial charge in [0.1, 0.15) is 17.6 Å². The second-order valence-corrected chi connectivity index (χ2v) is 4.33. The molecule has 0 radical (unpaired) electrons. The summed E-state index contributed by atoms with van der Waals surface area (Å²) in [6.07, 6.45) is 0.828. The van der Waals surface area contributed by atoms with E-state index in [2.05, 4.69) is 10.6 Å². The Morgan fingerprint density at radius 2 is 2.15 bits per heavy atom. The summed E-state index contributed by atoms with van der Waals surface area (Å²) >= 11 is 0. The van der Waals surface area contributed by atoms with E-state index in [-0.39, 0.29) is 18.3 Å². The van der Waals surface area contributed by atoms with Gasteiger partial charge in [-0.15, -0.1) is 0 Å². The Morgan fingerprint density at radius 1 is 1.40 bits per heavy atom. The van der Waals surface area contributed by atoms with E-state index >= 15 is 0 Å². The maximum atomic E-state index is 12.9. The third-order valence-electron chi connectivity index (χ3n) is 2.49. The third-order valence-corrected chi connectivity index (χ3v) is 2.49. The van der Waals surface area contributed by atoms with Gasteiger partial charge in [-0.25, -0.2) is 4.39 Å². The Labute approximate surface area is 117 Å². The maximum absolute atomic E-state index is 12.9. The molecule has 110 valence electrons. The van der Waals surface area contributed by atoms with Crippen LogP contribution < -0.4 is 15.4 Å². The summed E-state index contributed by atoms with van der Waals surface area (Å²) in [6, 6.07) is 4.87. The lowest BCUT2D eigenvalue weighted by Gasteiger charge is -2.14. The lowest BCUT2D eigenvalue weighted by atomic mass is 10.3. The zero-order valence-corrected chi connectivity index (χ0v) is 11.6. The van der Waals surface area contributed by atoms with Crippen LogP contribution in [-0.2, 0) is 9.59 Å². The van der Waals surface area contributed by atoms with Crippen molar-refractivity contribution in [2.45, 2.75) is 26.3 Å². The van der Waals surface area contributed by atoms with Crippen LogP contribution in [0.2, 0.25) is 0 Å². The summed E-state index contributed by atoms with van der Waals surface area (Å²) in [6.45, 7) is 3.83. The summed E-state index contributed by atoms with van der Waals surface area (Å²) < 4.78 is 18.0. The molecule has 0 aromatic heterocycles. The first-order chi connectivity index (χ1) is 9.52. The summed E-state index contributed by atoms with van der Waals surface area (Å²) in [5, 5.41) is 5.18. The van der Waals surface area contributed by atoms with E-state index in [4.69, 9.17) is 4.74 Å². The fourth-order valence-corrected chi connectivity index (χ4v) is 1.46. The minimum absolute atomic E-state index is 0.244. The predicted molar refractivity (Wildman–Crippen MR) is 72.8 cm³/mol. The van der Waals surface area contributed by atoms with Crippen LogP contribution in [0.5, 0.6) is 5.75 Å².